The zero-order chi connectivity index (χ0) is 18.4. The minimum Gasteiger partial charge on any atom is -0.496 e. The quantitative estimate of drug-likeness (QED) is 0.485. The third-order valence-electron chi connectivity index (χ3n) is 3.62. The lowest BCUT2D eigenvalue weighted by atomic mass is 10.1. The number of nitrogens with zero attached hydrogens (tertiary/aromatic N) is 2. The number of rotatable bonds is 7. The van der Waals surface area contributed by atoms with Crippen molar-refractivity contribution in [3.63, 3.8) is 0 Å². The zero-order valence-corrected chi connectivity index (χ0v) is 15.4. The van der Waals surface area contributed by atoms with Gasteiger partial charge in [-0.2, -0.15) is 5.10 Å². The summed E-state index contributed by atoms with van der Waals surface area (Å²) in [5.41, 5.74) is 11.5. The number of nitrogens with two attached hydrogens (primary N) is 1. The predicted molar refractivity (Wildman–Crippen MR) is 106 cm³/mol. The van der Waals surface area contributed by atoms with Crippen molar-refractivity contribution >= 4 is 28.5 Å². The van der Waals surface area contributed by atoms with Gasteiger partial charge in [-0.1, -0.05) is 17.7 Å². The zero-order valence-electron chi connectivity index (χ0n) is 14.6. The van der Waals surface area contributed by atoms with Crippen molar-refractivity contribution < 1.29 is 9.47 Å². The van der Waals surface area contributed by atoms with Crippen LogP contribution in [0.15, 0.2) is 52.9 Å². The van der Waals surface area contributed by atoms with Crippen LogP contribution in [0.2, 0.25) is 0 Å². The molecule has 2 aromatic carbocycles. The van der Waals surface area contributed by atoms with Gasteiger partial charge in [0.15, 0.2) is 0 Å². The molecule has 0 aliphatic heterocycles. The van der Waals surface area contributed by atoms with E-state index in [1.807, 2.05) is 49.4 Å². The number of ether oxygens (including phenoxy) is 2. The minimum absolute atomic E-state index is 0.407. The van der Waals surface area contributed by atoms with Crippen LogP contribution in [0.5, 0.6) is 11.5 Å². The van der Waals surface area contributed by atoms with Gasteiger partial charge in [0.05, 0.1) is 13.3 Å². The van der Waals surface area contributed by atoms with Gasteiger partial charge >= 0.3 is 0 Å². The second-order valence-corrected chi connectivity index (χ2v) is 6.48. The number of methoxy groups -OCH3 is 1. The molecule has 0 amide bonds. The van der Waals surface area contributed by atoms with Crippen molar-refractivity contribution in [3.05, 3.63) is 64.5 Å². The maximum Gasteiger partial charge on any atom is 0.205 e. The number of aromatic nitrogens is 1. The molecule has 0 unspecified atom stereocenters. The van der Waals surface area contributed by atoms with E-state index >= 15 is 0 Å². The summed E-state index contributed by atoms with van der Waals surface area (Å²) in [5.74, 6) is 2.07. The summed E-state index contributed by atoms with van der Waals surface area (Å²) in [5, 5.41) is 6.59. The summed E-state index contributed by atoms with van der Waals surface area (Å²) in [6.45, 7) is 2.45. The number of hydrazone groups is 1. The minimum atomic E-state index is 0.407. The molecule has 0 fully saturated rings. The molecule has 0 bridgehead atoms. The molecule has 3 aromatic rings. The Morgan fingerprint density at radius 3 is 2.73 bits per heavy atom. The molecular formula is C19H20N4O2S. The molecule has 0 atom stereocenters. The van der Waals surface area contributed by atoms with Crippen LogP contribution >= 0.6 is 11.3 Å². The van der Waals surface area contributed by atoms with Gasteiger partial charge in [0, 0.05) is 10.9 Å². The highest BCUT2D eigenvalue weighted by Crippen LogP contribution is 2.22. The molecule has 0 saturated heterocycles. The van der Waals surface area contributed by atoms with Gasteiger partial charge in [-0.05, 0) is 42.8 Å². The first-order chi connectivity index (χ1) is 12.6. The lowest BCUT2D eigenvalue weighted by molar-refractivity contribution is 0.296. The van der Waals surface area contributed by atoms with Crippen LogP contribution in [-0.2, 0) is 6.61 Å². The fourth-order valence-corrected chi connectivity index (χ4v) is 2.84. The lowest BCUT2D eigenvalue weighted by Crippen LogP contribution is -2.00. The molecule has 1 heterocycles. The van der Waals surface area contributed by atoms with Crippen LogP contribution in [0.1, 0.15) is 16.7 Å². The number of aryl methyl sites for hydroxylation is 1. The fourth-order valence-electron chi connectivity index (χ4n) is 2.29. The van der Waals surface area contributed by atoms with Crippen LogP contribution in [0.3, 0.4) is 0 Å². The smallest absolute Gasteiger partial charge is 0.205 e. The highest BCUT2D eigenvalue weighted by Gasteiger charge is 2.05. The van der Waals surface area contributed by atoms with E-state index in [0.717, 1.165) is 22.6 Å². The Balaban J connectivity index is 1.68. The molecule has 26 heavy (non-hydrogen) atoms. The van der Waals surface area contributed by atoms with Gasteiger partial charge in [-0.15, -0.1) is 11.3 Å². The van der Waals surface area contributed by atoms with E-state index in [2.05, 4.69) is 15.5 Å². The number of anilines is 2. The predicted octanol–water partition coefficient (Wildman–Crippen LogP) is 4.07. The Morgan fingerprint density at radius 1 is 1.23 bits per heavy atom. The number of nitrogen functional groups attached to an aromatic ring is 1. The normalized spacial score (nSPS) is 10.8. The third kappa shape index (κ3) is 4.73. The molecule has 0 spiro atoms. The summed E-state index contributed by atoms with van der Waals surface area (Å²) in [6, 6.07) is 13.8. The topological polar surface area (TPSA) is 81.8 Å². The fraction of sp³-hybridized carbons (Fsp3) is 0.158. The van der Waals surface area contributed by atoms with E-state index in [1.54, 1.807) is 18.7 Å². The second-order valence-electron chi connectivity index (χ2n) is 5.62. The van der Waals surface area contributed by atoms with Crippen molar-refractivity contribution in [1.82, 2.24) is 4.98 Å². The summed E-state index contributed by atoms with van der Waals surface area (Å²) < 4.78 is 11.3. The molecule has 134 valence electrons. The first-order valence-electron chi connectivity index (χ1n) is 8.00. The van der Waals surface area contributed by atoms with Gasteiger partial charge < -0.3 is 15.2 Å². The highest BCUT2D eigenvalue weighted by molar-refractivity contribution is 7.14. The molecule has 0 radical (unpaired) electrons. The molecule has 1 aromatic heterocycles. The number of hydrogen-bond donors (Lipinski definition) is 2. The number of nitrogens with one attached hydrogen (secondary N) is 1. The van der Waals surface area contributed by atoms with E-state index in [9.17, 15) is 0 Å². The maximum atomic E-state index is 5.86. The van der Waals surface area contributed by atoms with Crippen molar-refractivity contribution in [3.8, 4) is 11.5 Å². The molecular weight excluding hydrogens is 348 g/mol. The van der Waals surface area contributed by atoms with Crippen LogP contribution in [0.25, 0.3) is 0 Å². The largest absolute Gasteiger partial charge is 0.496 e. The van der Waals surface area contributed by atoms with Crippen molar-refractivity contribution in [2.24, 2.45) is 5.10 Å². The Morgan fingerprint density at radius 2 is 2.04 bits per heavy atom. The maximum absolute atomic E-state index is 5.86. The second kappa shape index (κ2) is 8.35. The van der Waals surface area contributed by atoms with Gasteiger partial charge in [-0.3, -0.25) is 5.43 Å². The Hall–Kier alpha value is -3.06. The van der Waals surface area contributed by atoms with E-state index in [-0.39, 0.29) is 0 Å². The molecule has 0 aliphatic carbocycles. The standard InChI is InChI=1S/C19H20N4O2S/c1-13-3-6-16(7-4-13)25-11-15-9-14(5-8-17(15)24-2)10-21-23-19-22-18(20)12-26-19/h3-10,12H,11,20H2,1-2H3,(H,22,23). The van der Waals surface area contributed by atoms with E-state index in [0.29, 0.717) is 17.6 Å². The lowest BCUT2D eigenvalue weighted by Gasteiger charge is -2.11. The van der Waals surface area contributed by atoms with Gasteiger partial charge in [0.1, 0.15) is 23.9 Å². The molecule has 6 nitrogen and oxygen atoms in total. The van der Waals surface area contributed by atoms with Crippen LogP contribution in [0.4, 0.5) is 10.9 Å². The highest BCUT2D eigenvalue weighted by atomic mass is 32.1. The molecule has 0 aliphatic rings. The average Bonchev–Trinajstić information content (AvgIpc) is 3.06. The molecule has 3 rings (SSSR count). The molecule has 7 heteroatoms. The van der Waals surface area contributed by atoms with E-state index < -0.39 is 0 Å². The Kier molecular flexibility index (Phi) is 5.70. The van der Waals surface area contributed by atoms with Gasteiger partial charge in [0.25, 0.3) is 0 Å². The van der Waals surface area contributed by atoms with Crippen LogP contribution in [0, 0.1) is 6.92 Å². The van der Waals surface area contributed by atoms with Crippen LogP contribution in [-0.4, -0.2) is 18.3 Å². The van der Waals surface area contributed by atoms with Crippen molar-refractivity contribution in [1.29, 1.82) is 0 Å². The Labute approximate surface area is 156 Å². The van der Waals surface area contributed by atoms with Crippen molar-refractivity contribution in [2.45, 2.75) is 13.5 Å². The summed E-state index contributed by atoms with van der Waals surface area (Å²) >= 11 is 1.40. The summed E-state index contributed by atoms with van der Waals surface area (Å²) in [6.07, 6.45) is 1.71. The SMILES string of the molecule is COc1ccc(C=NNc2nc(N)cs2)cc1COc1ccc(C)cc1. The van der Waals surface area contributed by atoms with Gasteiger partial charge in [0.2, 0.25) is 5.13 Å². The van der Waals surface area contributed by atoms with Gasteiger partial charge in [-0.25, -0.2) is 4.98 Å². The van der Waals surface area contributed by atoms with Crippen molar-refractivity contribution in [2.75, 3.05) is 18.3 Å². The molecule has 3 N–H and O–H groups in total. The summed E-state index contributed by atoms with van der Waals surface area (Å²) in [4.78, 5) is 4.09. The third-order valence-corrected chi connectivity index (χ3v) is 4.38. The van der Waals surface area contributed by atoms with E-state index in [4.69, 9.17) is 15.2 Å². The molecule has 0 saturated carbocycles. The number of thiazole rings is 1. The first kappa shape index (κ1) is 17.8. The summed E-state index contributed by atoms with van der Waals surface area (Å²) in [7, 11) is 1.65. The van der Waals surface area contributed by atoms with E-state index in [1.165, 1.54) is 16.9 Å². The monoisotopic (exact) mass is 368 g/mol. The van der Waals surface area contributed by atoms with Crippen LogP contribution < -0.4 is 20.6 Å². The first-order valence-corrected chi connectivity index (χ1v) is 8.88. The average molecular weight is 368 g/mol. The number of benzene rings is 2. The number of hydrogen-bond acceptors (Lipinski definition) is 7. The Bertz CT molecular complexity index is 891.